The smallest absolute Gasteiger partial charge is 0.344 e. The maximum Gasteiger partial charge on any atom is 0.416 e. The van der Waals surface area contributed by atoms with Gasteiger partial charge in [-0.05, 0) is 38.2 Å². The van der Waals surface area contributed by atoms with Crippen LogP contribution in [-0.4, -0.2) is 25.7 Å². The van der Waals surface area contributed by atoms with Crippen LogP contribution in [0.25, 0.3) is 10.6 Å². The first-order chi connectivity index (χ1) is 13.2. The zero-order valence-electron chi connectivity index (χ0n) is 14.9. The molecule has 0 fully saturated rings. The highest BCUT2D eigenvalue weighted by Gasteiger charge is 2.30. The zero-order valence-corrected chi connectivity index (χ0v) is 16.6. The molecular weight excluding hydrogens is 411 g/mol. The monoisotopic (exact) mass is 427 g/mol. The van der Waals surface area contributed by atoms with Crippen molar-refractivity contribution >= 4 is 29.5 Å². The Hall–Kier alpha value is -2.53. The number of carbonyl (C=O) groups is 1. The summed E-state index contributed by atoms with van der Waals surface area (Å²) >= 11 is 6.23. The number of hydrogen-bond donors (Lipinski definition) is 2. The van der Waals surface area contributed by atoms with Gasteiger partial charge in [0.15, 0.2) is 10.6 Å². The predicted octanol–water partition coefficient (Wildman–Crippen LogP) is 4.34. The fraction of sp³-hybridized carbons (Fsp3) is 0.294. The van der Waals surface area contributed by atoms with Crippen molar-refractivity contribution in [2.75, 3.05) is 0 Å². The normalized spacial score (nSPS) is 11.6. The molecule has 0 saturated carbocycles. The van der Waals surface area contributed by atoms with Crippen LogP contribution in [0.3, 0.4) is 0 Å². The molecule has 0 saturated heterocycles. The van der Waals surface area contributed by atoms with Crippen molar-refractivity contribution in [1.29, 1.82) is 0 Å². The van der Waals surface area contributed by atoms with Crippen LogP contribution in [0.2, 0.25) is 0 Å². The summed E-state index contributed by atoms with van der Waals surface area (Å²) in [6.07, 6.45) is -4.39. The minimum atomic E-state index is -4.39. The van der Waals surface area contributed by atoms with E-state index in [1.54, 1.807) is 11.5 Å². The number of amides is 1. The SMILES string of the molecule is CCn1c(CNC(=O)c2sc(-c3ccc(C(F)(F)F)cc3)nc2C)n[nH]c1=S. The van der Waals surface area contributed by atoms with Crippen LogP contribution in [0.5, 0.6) is 0 Å². The van der Waals surface area contributed by atoms with E-state index in [9.17, 15) is 18.0 Å². The van der Waals surface area contributed by atoms with E-state index in [0.717, 1.165) is 23.5 Å². The topological polar surface area (TPSA) is 75.6 Å². The van der Waals surface area contributed by atoms with Crippen molar-refractivity contribution in [3.63, 3.8) is 0 Å². The van der Waals surface area contributed by atoms with Gasteiger partial charge in [-0.3, -0.25) is 9.89 Å². The van der Waals surface area contributed by atoms with Gasteiger partial charge in [0.1, 0.15) is 9.88 Å². The summed E-state index contributed by atoms with van der Waals surface area (Å²) in [6.45, 7) is 4.41. The van der Waals surface area contributed by atoms with Gasteiger partial charge >= 0.3 is 6.18 Å². The summed E-state index contributed by atoms with van der Waals surface area (Å²) in [7, 11) is 0. The molecule has 6 nitrogen and oxygen atoms in total. The first-order valence-corrected chi connectivity index (χ1v) is 9.50. The number of benzene rings is 1. The lowest BCUT2D eigenvalue weighted by Crippen LogP contribution is -2.24. The predicted molar refractivity (Wildman–Crippen MR) is 102 cm³/mol. The van der Waals surface area contributed by atoms with Gasteiger partial charge in [-0.25, -0.2) is 4.98 Å². The maximum absolute atomic E-state index is 12.7. The average molecular weight is 427 g/mol. The van der Waals surface area contributed by atoms with E-state index in [4.69, 9.17) is 12.2 Å². The quantitative estimate of drug-likeness (QED) is 0.594. The number of rotatable bonds is 5. The third-order valence-electron chi connectivity index (χ3n) is 4.02. The Morgan fingerprint density at radius 3 is 2.61 bits per heavy atom. The van der Waals surface area contributed by atoms with Crippen LogP contribution in [0.4, 0.5) is 13.2 Å². The highest BCUT2D eigenvalue weighted by molar-refractivity contribution is 7.71. The van der Waals surface area contributed by atoms with Crippen molar-refractivity contribution in [1.82, 2.24) is 25.1 Å². The highest BCUT2D eigenvalue weighted by atomic mass is 32.1. The molecule has 11 heteroatoms. The minimum absolute atomic E-state index is 0.187. The molecule has 0 aliphatic rings. The molecule has 3 rings (SSSR count). The van der Waals surface area contributed by atoms with E-state index >= 15 is 0 Å². The Labute approximate surface area is 167 Å². The van der Waals surface area contributed by atoms with Gasteiger partial charge in [0.25, 0.3) is 5.91 Å². The zero-order chi connectivity index (χ0) is 20.5. The Kier molecular flexibility index (Phi) is 5.66. The van der Waals surface area contributed by atoms with Gasteiger partial charge in [0, 0.05) is 12.1 Å². The second-order valence-electron chi connectivity index (χ2n) is 5.88. The second-order valence-corrected chi connectivity index (χ2v) is 7.27. The van der Waals surface area contributed by atoms with Crippen LogP contribution in [-0.2, 0) is 19.3 Å². The number of aromatic nitrogens is 4. The second kappa shape index (κ2) is 7.84. The molecule has 1 amide bonds. The standard InChI is InChI=1S/C17H16F3N5OS2/c1-3-25-12(23-24-16(25)27)8-21-14(26)13-9(2)22-15(28-13)10-4-6-11(7-5-10)17(18,19)20/h4-7H,3,8H2,1-2H3,(H,21,26)(H,24,27). The number of aryl methyl sites for hydroxylation is 1. The van der Waals surface area contributed by atoms with Gasteiger partial charge in [0.05, 0.1) is 17.8 Å². The van der Waals surface area contributed by atoms with Gasteiger partial charge < -0.3 is 9.88 Å². The van der Waals surface area contributed by atoms with E-state index in [-0.39, 0.29) is 12.5 Å². The fourth-order valence-corrected chi connectivity index (χ4v) is 3.85. The molecule has 0 radical (unpaired) electrons. The molecule has 0 atom stereocenters. The lowest BCUT2D eigenvalue weighted by atomic mass is 10.1. The average Bonchev–Trinajstić information content (AvgIpc) is 3.21. The number of nitrogens with one attached hydrogen (secondary N) is 2. The van der Waals surface area contributed by atoms with Crippen molar-refractivity contribution in [3.8, 4) is 10.6 Å². The molecule has 0 spiro atoms. The molecular formula is C17H16F3N5OS2. The van der Waals surface area contributed by atoms with E-state index in [1.165, 1.54) is 12.1 Å². The molecule has 2 aromatic heterocycles. The molecule has 0 unspecified atom stereocenters. The highest BCUT2D eigenvalue weighted by Crippen LogP contribution is 2.33. The minimum Gasteiger partial charge on any atom is -0.344 e. The van der Waals surface area contributed by atoms with Crippen LogP contribution < -0.4 is 5.32 Å². The number of thiazole rings is 1. The number of H-pyrrole nitrogens is 1. The summed E-state index contributed by atoms with van der Waals surface area (Å²) in [5, 5.41) is 10.0. The van der Waals surface area contributed by atoms with E-state index in [0.29, 0.717) is 38.3 Å². The molecule has 0 aliphatic heterocycles. The molecule has 28 heavy (non-hydrogen) atoms. The summed E-state index contributed by atoms with van der Waals surface area (Å²) in [4.78, 5) is 17.2. The van der Waals surface area contributed by atoms with E-state index in [2.05, 4.69) is 20.5 Å². The summed E-state index contributed by atoms with van der Waals surface area (Å²) in [6, 6.07) is 4.70. The van der Waals surface area contributed by atoms with Crippen LogP contribution in [0.1, 0.15) is 33.7 Å². The Morgan fingerprint density at radius 1 is 1.32 bits per heavy atom. The molecule has 0 aliphatic carbocycles. The lowest BCUT2D eigenvalue weighted by molar-refractivity contribution is -0.137. The third-order valence-corrected chi connectivity index (χ3v) is 5.54. The van der Waals surface area contributed by atoms with Crippen molar-refractivity contribution in [3.05, 3.63) is 51.0 Å². The van der Waals surface area contributed by atoms with Gasteiger partial charge in [-0.15, -0.1) is 11.3 Å². The Balaban J connectivity index is 1.76. The van der Waals surface area contributed by atoms with Gasteiger partial charge in [-0.2, -0.15) is 18.3 Å². The van der Waals surface area contributed by atoms with Gasteiger partial charge in [0.2, 0.25) is 0 Å². The molecule has 148 valence electrons. The molecule has 3 aromatic rings. The largest absolute Gasteiger partial charge is 0.416 e. The number of hydrogen-bond acceptors (Lipinski definition) is 5. The fourth-order valence-electron chi connectivity index (χ4n) is 2.58. The number of alkyl halides is 3. The Bertz CT molecular complexity index is 1050. The Morgan fingerprint density at radius 2 is 2.00 bits per heavy atom. The number of halogens is 3. The summed E-state index contributed by atoms with van der Waals surface area (Å²) in [5.41, 5.74) is 0.297. The number of nitrogens with zero attached hydrogens (tertiary/aromatic N) is 3. The van der Waals surface area contributed by atoms with E-state index < -0.39 is 11.7 Å². The molecule has 2 heterocycles. The van der Waals surface area contributed by atoms with Crippen LogP contribution in [0, 0.1) is 11.7 Å². The van der Waals surface area contributed by atoms with Crippen molar-refractivity contribution in [2.24, 2.45) is 0 Å². The molecule has 2 N–H and O–H groups in total. The van der Waals surface area contributed by atoms with Gasteiger partial charge in [-0.1, -0.05) is 12.1 Å². The summed E-state index contributed by atoms with van der Waals surface area (Å²) in [5.74, 6) is 0.274. The third kappa shape index (κ3) is 4.14. The number of carbonyl (C=O) groups excluding carboxylic acids is 1. The summed E-state index contributed by atoms with van der Waals surface area (Å²) < 4.78 is 40.3. The molecule has 1 aromatic carbocycles. The van der Waals surface area contributed by atoms with Crippen LogP contribution in [0.15, 0.2) is 24.3 Å². The first kappa shape index (κ1) is 20.2. The van der Waals surface area contributed by atoms with E-state index in [1.807, 2.05) is 6.92 Å². The maximum atomic E-state index is 12.7. The molecule has 0 bridgehead atoms. The van der Waals surface area contributed by atoms with Crippen LogP contribution >= 0.6 is 23.6 Å². The lowest BCUT2D eigenvalue weighted by Gasteiger charge is -2.06. The first-order valence-electron chi connectivity index (χ1n) is 8.28. The van der Waals surface area contributed by atoms with Crippen molar-refractivity contribution < 1.29 is 18.0 Å². The number of aromatic amines is 1. The van der Waals surface area contributed by atoms with Crippen molar-refractivity contribution in [2.45, 2.75) is 33.1 Å².